The van der Waals surface area contributed by atoms with Crippen molar-refractivity contribution < 1.29 is 27.4 Å². The Hall–Kier alpha value is -2.50. The molecule has 0 atom stereocenters. The molecule has 0 saturated carbocycles. The Labute approximate surface area is 125 Å². The molecule has 0 amide bonds. The summed E-state index contributed by atoms with van der Waals surface area (Å²) in [4.78, 5) is 11.6. The molecule has 0 heterocycles. The van der Waals surface area contributed by atoms with Gasteiger partial charge in [0.15, 0.2) is 0 Å². The zero-order chi connectivity index (χ0) is 16.3. The third-order valence-corrected chi connectivity index (χ3v) is 3.01. The maximum atomic E-state index is 12.6. The standard InChI is InChI=1S/C16H13F3O3/c1-10-9-11(16(17,18)19)7-8-13(10)22-14-6-4-3-5-12(14)15(20)21-2/h3-9H,1-2H3. The molecule has 0 aliphatic carbocycles. The Morgan fingerprint density at radius 2 is 1.73 bits per heavy atom. The highest BCUT2D eigenvalue weighted by Crippen LogP contribution is 2.34. The smallest absolute Gasteiger partial charge is 0.416 e. The molecule has 22 heavy (non-hydrogen) atoms. The number of aryl methyl sites for hydroxylation is 1. The third kappa shape index (κ3) is 3.39. The van der Waals surface area contributed by atoms with E-state index in [1.165, 1.54) is 26.2 Å². The molecular weight excluding hydrogens is 297 g/mol. The molecule has 0 aliphatic rings. The summed E-state index contributed by atoms with van der Waals surface area (Å²) >= 11 is 0. The van der Waals surface area contributed by atoms with Gasteiger partial charge in [0, 0.05) is 0 Å². The van der Waals surface area contributed by atoms with Crippen LogP contribution in [0.4, 0.5) is 13.2 Å². The molecule has 6 heteroatoms. The number of benzene rings is 2. The van der Waals surface area contributed by atoms with Gasteiger partial charge >= 0.3 is 12.1 Å². The normalized spacial score (nSPS) is 11.1. The van der Waals surface area contributed by atoms with E-state index in [0.29, 0.717) is 5.56 Å². The number of hydrogen-bond donors (Lipinski definition) is 0. The average molecular weight is 310 g/mol. The van der Waals surface area contributed by atoms with Gasteiger partial charge in [0.25, 0.3) is 0 Å². The van der Waals surface area contributed by atoms with Crippen LogP contribution in [-0.2, 0) is 10.9 Å². The van der Waals surface area contributed by atoms with Gasteiger partial charge in [-0.15, -0.1) is 0 Å². The van der Waals surface area contributed by atoms with E-state index in [2.05, 4.69) is 4.74 Å². The van der Waals surface area contributed by atoms with E-state index in [9.17, 15) is 18.0 Å². The summed E-state index contributed by atoms with van der Waals surface area (Å²) < 4.78 is 48.1. The molecule has 3 nitrogen and oxygen atoms in total. The van der Waals surface area contributed by atoms with Gasteiger partial charge in [-0.2, -0.15) is 13.2 Å². The number of methoxy groups -OCH3 is 1. The molecule has 2 aromatic carbocycles. The number of hydrogen-bond acceptors (Lipinski definition) is 3. The van der Waals surface area contributed by atoms with Gasteiger partial charge in [0.05, 0.1) is 12.7 Å². The topological polar surface area (TPSA) is 35.5 Å². The van der Waals surface area contributed by atoms with Crippen LogP contribution >= 0.6 is 0 Å². The van der Waals surface area contributed by atoms with E-state index < -0.39 is 17.7 Å². The van der Waals surface area contributed by atoms with Crippen molar-refractivity contribution in [1.82, 2.24) is 0 Å². The summed E-state index contributed by atoms with van der Waals surface area (Å²) in [6, 6.07) is 9.51. The highest BCUT2D eigenvalue weighted by Gasteiger charge is 2.30. The predicted octanol–water partition coefficient (Wildman–Crippen LogP) is 4.59. The molecule has 0 saturated heterocycles. The van der Waals surface area contributed by atoms with Gasteiger partial charge in [-0.3, -0.25) is 0 Å². The minimum Gasteiger partial charge on any atom is -0.465 e. The molecule has 0 spiro atoms. The Balaban J connectivity index is 2.34. The first-order valence-corrected chi connectivity index (χ1v) is 6.36. The van der Waals surface area contributed by atoms with Crippen LogP contribution in [-0.4, -0.2) is 13.1 Å². The van der Waals surface area contributed by atoms with Crippen LogP contribution in [0.5, 0.6) is 11.5 Å². The Bertz CT molecular complexity index is 693. The average Bonchev–Trinajstić information content (AvgIpc) is 2.48. The van der Waals surface area contributed by atoms with Crippen molar-refractivity contribution in [2.45, 2.75) is 13.1 Å². The van der Waals surface area contributed by atoms with Gasteiger partial charge in [-0.1, -0.05) is 12.1 Å². The number of rotatable bonds is 3. The summed E-state index contributed by atoms with van der Waals surface area (Å²) in [7, 11) is 1.24. The second-order valence-corrected chi connectivity index (χ2v) is 4.57. The van der Waals surface area contributed by atoms with Crippen LogP contribution in [0, 0.1) is 6.92 Å². The summed E-state index contributed by atoms with van der Waals surface area (Å²) in [6.45, 7) is 1.51. The van der Waals surface area contributed by atoms with Gasteiger partial charge in [-0.05, 0) is 42.8 Å². The summed E-state index contributed by atoms with van der Waals surface area (Å²) in [6.07, 6.45) is -4.41. The molecule has 0 bridgehead atoms. The second-order valence-electron chi connectivity index (χ2n) is 4.57. The summed E-state index contributed by atoms with van der Waals surface area (Å²) in [5.74, 6) is -0.123. The fourth-order valence-corrected chi connectivity index (χ4v) is 1.89. The quantitative estimate of drug-likeness (QED) is 0.778. The number of carbonyl (C=O) groups is 1. The van der Waals surface area contributed by atoms with E-state index in [1.54, 1.807) is 18.2 Å². The third-order valence-electron chi connectivity index (χ3n) is 3.01. The lowest BCUT2D eigenvalue weighted by Gasteiger charge is -2.13. The van der Waals surface area contributed by atoms with Crippen LogP contribution < -0.4 is 4.74 Å². The minimum atomic E-state index is -4.41. The van der Waals surface area contributed by atoms with E-state index in [-0.39, 0.29) is 17.1 Å². The van der Waals surface area contributed by atoms with E-state index in [0.717, 1.165) is 12.1 Å². The monoisotopic (exact) mass is 310 g/mol. The Morgan fingerprint density at radius 3 is 2.32 bits per heavy atom. The molecule has 0 fully saturated rings. The molecule has 2 rings (SSSR count). The number of ether oxygens (including phenoxy) is 2. The Kier molecular flexibility index (Phi) is 4.40. The fraction of sp³-hybridized carbons (Fsp3) is 0.188. The Morgan fingerprint density at radius 1 is 1.05 bits per heavy atom. The van der Waals surface area contributed by atoms with E-state index >= 15 is 0 Å². The van der Waals surface area contributed by atoms with Gasteiger partial charge in [0.2, 0.25) is 0 Å². The highest BCUT2D eigenvalue weighted by molar-refractivity contribution is 5.92. The molecule has 0 N–H and O–H groups in total. The lowest BCUT2D eigenvalue weighted by Crippen LogP contribution is -2.06. The van der Waals surface area contributed by atoms with Gasteiger partial charge in [-0.25, -0.2) is 4.79 Å². The van der Waals surface area contributed by atoms with Crippen molar-refractivity contribution in [3.8, 4) is 11.5 Å². The van der Waals surface area contributed by atoms with Crippen LogP contribution in [0.25, 0.3) is 0 Å². The fourth-order valence-electron chi connectivity index (χ4n) is 1.89. The molecule has 2 aromatic rings. The lowest BCUT2D eigenvalue weighted by atomic mass is 10.1. The molecule has 0 aliphatic heterocycles. The number of alkyl halides is 3. The van der Waals surface area contributed by atoms with Crippen LogP contribution in [0.1, 0.15) is 21.5 Å². The summed E-state index contributed by atoms with van der Waals surface area (Å²) in [5, 5.41) is 0. The molecule has 116 valence electrons. The van der Waals surface area contributed by atoms with Crippen molar-refractivity contribution in [2.24, 2.45) is 0 Å². The van der Waals surface area contributed by atoms with Crippen LogP contribution in [0.2, 0.25) is 0 Å². The maximum Gasteiger partial charge on any atom is 0.416 e. The number of carbonyl (C=O) groups excluding carboxylic acids is 1. The molecular formula is C16H13F3O3. The molecule has 0 radical (unpaired) electrons. The van der Waals surface area contributed by atoms with Gasteiger partial charge in [0.1, 0.15) is 17.1 Å². The van der Waals surface area contributed by atoms with Crippen molar-refractivity contribution in [2.75, 3.05) is 7.11 Å². The highest BCUT2D eigenvalue weighted by atomic mass is 19.4. The largest absolute Gasteiger partial charge is 0.465 e. The first-order valence-electron chi connectivity index (χ1n) is 6.36. The SMILES string of the molecule is COC(=O)c1ccccc1Oc1ccc(C(F)(F)F)cc1C. The van der Waals surface area contributed by atoms with E-state index in [4.69, 9.17) is 4.74 Å². The predicted molar refractivity (Wildman–Crippen MR) is 74.0 cm³/mol. The van der Waals surface area contributed by atoms with Gasteiger partial charge < -0.3 is 9.47 Å². The van der Waals surface area contributed by atoms with Crippen molar-refractivity contribution >= 4 is 5.97 Å². The van der Waals surface area contributed by atoms with Crippen molar-refractivity contribution in [1.29, 1.82) is 0 Å². The zero-order valence-electron chi connectivity index (χ0n) is 11.9. The molecule has 0 unspecified atom stereocenters. The second kappa shape index (κ2) is 6.09. The van der Waals surface area contributed by atoms with E-state index in [1.807, 2.05) is 0 Å². The van der Waals surface area contributed by atoms with Crippen molar-refractivity contribution in [3.63, 3.8) is 0 Å². The minimum absolute atomic E-state index is 0.198. The number of halogens is 3. The van der Waals surface area contributed by atoms with Crippen LogP contribution in [0.3, 0.4) is 0 Å². The van der Waals surface area contributed by atoms with Crippen molar-refractivity contribution in [3.05, 3.63) is 59.2 Å². The summed E-state index contributed by atoms with van der Waals surface area (Å²) in [5.41, 5.74) is -0.239. The first kappa shape index (κ1) is 15.9. The maximum absolute atomic E-state index is 12.6. The number of esters is 1. The molecule has 0 aromatic heterocycles. The first-order chi connectivity index (χ1) is 10.3. The number of para-hydroxylation sites is 1. The lowest BCUT2D eigenvalue weighted by molar-refractivity contribution is -0.137. The van der Waals surface area contributed by atoms with Crippen LogP contribution in [0.15, 0.2) is 42.5 Å². The zero-order valence-corrected chi connectivity index (χ0v) is 11.9.